The number of para-hydroxylation sites is 2. The number of hydrogen-bond acceptors (Lipinski definition) is 7. The van der Waals surface area contributed by atoms with Crippen LogP contribution in [0.25, 0.3) is 17.4 Å². The average Bonchev–Trinajstić information content (AvgIpc) is 3.35. The lowest BCUT2D eigenvalue weighted by atomic mass is 10.1. The lowest BCUT2D eigenvalue weighted by molar-refractivity contribution is -0.384. The van der Waals surface area contributed by atoms with Gasteiger partial charge in [-0.1, -0.05) is 12.1 Å². The van der Waals surface area contributed by atoms with Crippen LogP contribution in [0.15, 0.2) is 75.0 Å². The Morgan fingerprint density at radius 3 is 2.63 bits per heavy atom. The SMILES string of the molecule is COc1ccccc1N=C1NC(=O)/C(=C\c2ccc(-c3ccc([N+](=O)[O-])cc3)o2)S1. The fourth-order valence-electron chi connectivity index (χ4n) is 2.77. The number of amides is 1. The van der Waals surface area contributed by atoms with Crippen LogP contribution in [0.3, 0.4) is 0 Å². The topological polar surface area (TPSA) is 107 Å². The number of amidine groups is 1. The molecule has 1 saturated heterocycles. The number of thioether (sulfide) groups is 1. The number of carbonyl (C=O) groups excluding carboxylic acids is 1. The van der Waals surface area contributed by atoms with Gasteiger partial charge in [-0.25, -0.2) is 4.99 Å². The van der Waals surface area contributed by atoms with Gasteiger partial charge >= 0.3 is 0 Å². The van der Waals surface area contributed by atoms with Crippen LogP contribution in [0.4, 0.5) is 11.4 Å². The minimum absolute atomic E-state index is 0.00791. The largest absolute Gasteiger partial charge is 0.494 e. The molecule has 8 nitrogen and oxygen atoms in total. The second kappa shape index (κ2) is 8.26. The van der Waals surface area contributed by atoms with Crippen molar-refractivity contribution in [2.24, 2.45) is 4.99 Å². The maximum absolute atomic E-state index is 12.3. The molecular weight excluding hydrogens is 406 g/mol. The number of methoxy groups -OCH3 is 1. The summed E-state index contributed by atoms with van der Waals surface area (Å²) in [7, 11) is 1.56. The Hall–Kier alpha value is -3.85. The molecule has 1 amide bonds. The summed E-state index contributed by atoms with van der Waals surface area (Å²) in [4.78, 5) is 27.5. The van der Waals surface area contributed by atoms with Gasteiger partial charge in [0.25, 0.3) is 11.6 Å². The van der Waals surface area contributed by atoms with Crippen molar-refractivity contribution in [1.29, 1.82) is 0 Å². The van der Waals surface area contributed by atoms with E-state index in [0.717, 1.165) is 0 Å². The van der Waals surface area contributed by atoms with Crippen molar-refractivity contribution in [3.05, 3.63) is 81.4 Å². The van der Waals surface area contributed by atoms with E-state index in [1.807, 2.05) is 12.1 Å². The molecule has 0 unspecified atom stereocenters. The number of carbonyl (C=O) groups is 1. The summed E-state index contributed by atoms with van der Waals surface area (Å²) >= 11 is 1.20. The standard InChI is InChI=1S/C21H15N3O5S/c1-28-18-5-3-2-4-16(18)22-21-23-20(25)19(30-21)12-15-10-11-17(29-15)13-6-8-14(9-7-13)24(26)27/h2-12H,1H3,(H,22,23,25)/b19-12+. The number of benzene rings is 2. The molecule has 1 fully saturated rings. The summed E-state index contributed by atoms with van der Waals surface area (Å²) in [5, 5.41) is 13.9. The first-order valence-corrected chi connectivity index (χ1v) is 9.62. The molecular formula is C21H15N3O5S. The van der Waals surface area contributed by atoms with Gasteiger partial charge in [0.05, 0.1) is 16.9 Å². The maximum atomic E-state index is 12.3. The number of furan rings is 1. The number of nitro benzene ring substituents is 1. The van der Waals surface area contributed by atoms with E-state index in [1.54, 1.807) is 49.6 Å². The van der Waals surface area contributed by atoms with Crippen LogP contribution in [0, 0.1) is 10.1 Å². The van der Waals surface area contributed by atoms with E-state index in [9.17, 15) is 14.9 Å². The summed E-state index contributed by atoms with van der Waals surface area (Å²) in [6, 6.07) is 16.8. The molecule has 1 aliphatic heterocycles. The molecule has 4 rings (SSSR count). The van der Waals surface area contributed by atoms with Crippen molar-refractivity contribution in [2.75, 3.05) is 7.11 Å². The number of non-ortho nitro benzene ring substituents is 1. The third kappa shape index (κ3) is 4.11. The van der Waals surface area contributed by atoms with Gasteiger partial charge in [-0.05, 0) is 48.2 Å². The van der Waals surface area contributed by atoms with Crippen LogP contribution >= 0.6 is 11.8 Å². The molecule has 0 radical (unpaired) electrons. The summed E-state index contributed by atoms with van der Waals surface area (Å²) in [5.41, 5.74) is 1.32. The molecule has 9 heteroatoms. The number of nitro groups is 1. The van der Waals surface area contributed by atoms with Gasteiger partial charge in [0.1, 0.15) is 23.0 Å². The monoisotopic (exact) mass is 421 g/mol. The molecule has 2 aromatic carbocycles. The van der Waals surface area contributed by atoms with Gasteiger partial charge in [-0.3, -0.25) is 14.9 Å². The molecule has 1 aliphatic rings. The van der Waals surface area contributed by atoms with Gasteiger partial charge in [0.15, 0.2) is 5.17 Å². The maximum Gasteiger partial charge on any atom is 0.269 e. The zero-order valence-electron chi connectivity index (χ0n) is 15.7. The van der Waals surface area contributed by atoms with Gasteiger partial charge in [0.2, 0.25) is 0 Å². The second-order valence-corrected chi connectivity index (χ2v) is 7.19. The van der Waals surface area contributed by atoms with Crippen LogP contribution in [0.2, 0.25) is 0 Å². The predicted octanol–water partition coefficient (Wildman–Crippen LogP) is 4.76. The van der Waals surface area contributed by atoms with Gasteiger partial charge < -0.3 is 14.5 Å². The van der Waals surface area contributed by atoms with Crippen LogP contribution in [0.5, 0.6) is 5.75 Å². The molecule has 0 bridgehead atoms. The smallest absolute Gasteiger partial charge is 0.269 e. The van der Waals surface area contributed by atoms with E-state index < -0.39 is 4.92 Å². The van der Waals surface area contributed by atoms with Crippen LogP contribution in [0.1, 0.15) is 5.76 Å². The van der Waals surface area contributed by atoms with Crippen molar-refractivity contribution in [3.63, 3.8) is 0 Å². The Bertz CT molecular complexity index is 1180. The number of aliphatic imine (C=N–C) groups is 1. The predicted molar refractivity (Wildman–Crippen MR) is 115 cm³/mol. The summed E-state index contributed by atoms with van der Waals surface area (Å²) in [6.07, 6.45) is 1.62. The third-order valence-corrected chi connectivity index (χ3v) is 5.13. The zero-order chi connectivity index (χ0) is 21.1. The third-order valence-electron chi connectivity index (χ3n) is 4.22. The van der Waals surface area contributed by atoms with Crippen molar-refractivity contribution in [1.82, 2.24) is 5.32 Å². The highest BCUT2D eigenvalue weighted by Gasteiger charge is 2.24. The number of ether oxygens (including phenoxy) is 1. The second-order valence-electron chi connectivity index (χ2n) is 6.16. The van der Waals surface area contributed by atoms with E-state index in [0.29, 0.717) is 38.6 Å². The molecule has 0 spiro atoms. The number of rotatable bonds is 5. The number of nitrogens with zero attached hydrogens (tertiary/aromatic N) is 2. The zero-order valence-corrected chi connectivity index (χ0v) is 16.5. The van der Waals surface area contributed by atoms with Gasteiger partial charge in [-0.15, -0.1) is 0 Å². The van der Waals surface area contributed by atoms with E-state index in [2.05, 4.69) is 10.3 Å². The Balaban J connectivity index is 1.53. The fraction of sp³-hybridized carbons (Fsp3) is 0.0476. The van der Waals surface area contributed by atoms with E-state index in [1.165, 1.54) is 23.9 Å². The summed E-state index contributed by atoms with van der Waals surface area (Å²) in [5.74, 6) is 1.36. The number of hydrogen-bond donors (Lipinski definition) is 1. The van der Waals surface area contributed by atoms with E-state index in [4.69, 9.17) is 9.15 Å². The molecule has 0 aliphatic carbocycles. The average molecular weight is 421 g/mol. The highest BCUT2D eigenvalue weighted by Crippen LogP contribution is 2.33. The molecule has 1 N–H and O–H groups in total. The first-order chi connectivity index (χ1) is 14.5. The minimum atomic E-state index is -0.456. The Morgan fingerprint density at radius 2 is 1.90 bits per heavy atom. The number of nitrogens with one attached hydrogen (secondary N) is 1. The van der Waals surface area contributed by atoms with E-state index >= 15 is 0 Å². The molecule has 2 heterocycles. The highest BCUT2D eigenvalue weighted by molar-refractivity contribution is 8.18. The highest BCUT2D eigenvalue weighted by atomic mass is 32.2. The Labute approximate surface area is 175 Å². The van der Waals surface area contributed by atoms with Crippen LogP contribution < -0.4 is 10.1 Å². The molecule has 0 saturated carbocycles. The minimum Gasteiger partial charge on any atom is -0.494 e. The van der Waals surface area contributed by atoms with Gasteiger partial charge in [-0.2, -0.15) is 0 Å². The van der Waals surface area contributed by atoms with Crippen LogP contribution in [-0.4, -0.2) is 23.1 Å². The normalized spacial score (nSPS) is 16.1. The summed E-state index contributed by atoms with van der Waals surface area (Å²) in [6.45, 7) is 0. The van der Waals surface area contributed by atoms with Gasteiger partial charge in [0, 0.05) is 23.8 Å². The van der Waals surface area contributed by atoms with Crippen molar-refractivity contribution in [2.45, 2.75) is 0 Å². The van der Waals surface area contributed by atoms with E-state index in [-0.39, 0.29) is 11.6 Å². The first-order valence-electron chi connectivity index (χ1n) is 8.81. The molecule has 0 atom stereocenters. The lowest BCUT2D eigenvalue weighted by Crippen LogP contribution is -2.19. The Kier molecular flexibility index (Phi) is 5.36. The van der Waals surface area contributed by atoms with Crippen molar-refractivity contribution in [3.8, 4) is 17.1 Å². The lowest BCUT2D eigenvalue weighted by Gasteiger charge is -2.03. The molecule has 150 valence electrons. The molecule has 1 aromatic heterocycles. The van der Waals surface area contributed by atoms with Crippen molar-refractivity contribution >= 4 is 40.3 Å². The molecule has 3 aromatic rings. The Morgan fingerprint density at radius 1 is 1.13 bits per heavy atom. The summed E-state index contributed by atoms with van der Waals surface area (Å²) < 4.78 is 11.0. The fourth-order valence-corrected chi connectivity index (χ4v) is 3.59. The van der Waals surface area contributed by atoms with Crippen LogP contribution in [-0.2, 0) is 4.79 Å². The quantitative estimate of drug-likeness (QED) is 0.362. The van der Waals surface area contributed by atoms with Crippen molar-refractivity contribution < 1.29 is 18.9 Å². The molecule has 30 heavy (non-hydrogen) atoms. The first kappa shape index (κ1) is 19.5.